The topological polar surface area (TPSA) is 50.8 Å². The van der Waals surface area contributed by atoms with E-state index in [1.165, 1.54) is 0 Å². The summed E-state index contributed by atoms with van der Waals surface area (Å²) in [6.07, 6.45) is 5.87. The SMILES string of the molecule is C/C=C/CCNC(C)CC1COCCN1C(=O)OC(C)(C)C. The Morgan fingerprint density at radius 1 is 1.50 bits per heavy atom. The van der Waals surface area contributed by atoms with Gasteiger partial charge in [0.1, 0.15) is 5.60 Å². The lowest BCUT2D eigenvalue weighted by atomic mass is 10.1. The first-order valence-electron chi connectivity index (χ1n) is 8.25. The second-order valence-corrected chi connectivity index (χ2v) is 6.85. The highest BCUT2D eigenvalue weighted by atomic mass is 16.6. The van der Waals surface area contributed by atoms with E-state index in [2.05, 4.69) is 24.4 Å². The number of ether oxygens (including phenoxy) is 2. The second-order valence-electron chi connectivity index (χ2n) is 6.85. The van der Waals surface area contributed by atoms with E-state index in [4.69, 9.17) is 9.47 Å². The summed E-state index contributed by atoms with van der Waals surface area (Å²) in [4.78, 5) is 14.1. The minimum absolute atomic E-state index is 0.0767. The normalized spacial score (nSPS) is 21.1. The van der Waals surface area contributed by atoms with Crippen molar-refractivity contribution in [3.05, 3.63) is 12.2 Å². The number of amides is 1. The zero-order valence-electron chi connectivity index (χ0n) is 14.7. The molecule has 1 saturated heterocycles. The molecule has 22 heavy (non-hydrogen) atoms. The Balaban J connectivity index is 2.48. The first kappa shape index (κ1) is 19.0. The molecule has 2 unspecified atom stereocenters. The molecule has 0 radical (unpaired) electrons. The summed E-state index contributed by atoms with van der Waals surface area (Å²) in [5.74, 6) is 0. The molecule has 5 heteroatoms. The highest BCUT2D eigenvalue weighted by Gasteiger charge is 2.31. The van der Waals surface area contributed by atoms with Crippen LogP contribution >= 0.6 is 0 Å². The maximum atomic E-state index is 12.3. The average Bonchev–Trinajstić information content (AvgIpc) is 2.42. The van der Waals surface area contributed by atoms with Crippen LogP contribution in [0.2, 0.25) is 0 Å². The molecule has 128 valence electrons. The molecule has 1 N–H and O–H groups in total. The predicted octanol–water partition coefficient (Wildman–Crippen LogP) is 2.96. The lowest BCUT2D eigenvalue weighted by Crippen LogP contribution is -2.52. The quantitative estimate of drug-likeness (QED) is 0.605. The van der Waals surface area contributed by atoms with Crippen molar-refractivity contribution in [1.82, 2.24) is 10.2 Å². The number of hydrogen-bond donors (Lipinski definition) is 1. The van der Waals surface area contributed by atoms with Crippen LogP contribution in [0.5, 0.6) is 0 Å². The Labute approximate surface area is 135 Å². The third kappa shape index (κ3) is 7.27. The van der Waals surface area contributed by atoms with Crippen molar-refractivity contribution in [3.8, 4) is 0 Å². The van der Waals surface area contributed by atoms with Crippen molar-refractivity contribution in [1.29, 1.82) is 0 Å². The van der Waals surface area contributed by atoms with Gasteiger partial charge in [-0.15, -0.1) is 0 Å². The van der Waals surface area contributed by atoms with Crippen LogP contribution in [0.4, 0.5) is 4.79 Å². The van der Waals surface area contributed by atoms with Gasteiger partial charge in [-0.3, -0.25) is 0 Å². The Hall–Kier alpha value is -1.07. The maximum absolute atomic E-state index is 12.3. The van der Waals surface area contributed by atoms with Crippen LogP contribution in [0, 0.1) is 0 Å². The molecule has 0 aromatic rings. The summed E-state index contributed by atoms with van der Waals surface area (Å²) in [6.45, 7) is 12.6. The first-order valence-corrected chi connectivity index (χ1v) is 8.25. The number of carbonyl (C=O) groups is 1. The van der Waals surface area contributed by atoms with Gasteiger partial charge in [0.15, 0.2) is 0 Å². The van der Waals surface area contributed by atoms with Crippen LogP contribution < -0.4 is 5.32 Å². The number of allylic oxidation sites excluding steroid dienone is 1. The molecule has 1 heterocycles. The monoisotopic (exact) mass is 312 g/mol. The molecule has 0 aliphatic carbocycles. The molecule has 0 spiro atoms. The number of nitrogens with zero attached hydrogens (tertiary/aromatic N) is 1. The minimum Gasteiger partial charge on any atom is -0.444 e. The van der Waals surface area contributed by atoms with Crippen molar-refractivity contribution in [2.24, 2.45) is 0 Å². The standard InChI is InChI=1S/C17H32N2O3/c1-6-7-8-9-18-14(2)12-15-13-21-11-10-19(15)16(20)22-17(3,4)5/h6-7,14-15,18H,8-13H2,1-5H3/b7-6+. The average molecular weight is 312 g/mol. The van der Waals surface area contributed by atoms with Crippen LogP contribution in [0.1, 0.15) is 47.5 Å². The summed E-state index contributed by atoms with van der Waals surface area (Å²) in [5.41, 5.74) is -0.462. The molecule has 1 fully saturated rings. The number of hydrogen-bond acceptors (Lipinski definition) is 4. The third-order valence-electron chi connectivity index (χ3n) is 3.52. The molecular formula is C17H32N2O3. The van der Waals surface area contributed by atoms with Crippen LogP contribution in [0.3, 0.4) is 0 Å². The molecule has 1 amide bonds. The highest BCUT2D eigenvalue weighted by Crippen LogP contribution is 2.17. The van der Waals surface area contributed by atoms with E-state index in [0.717, 1.165) is 19.4 Å². The summed E-state index contributed by atoms with van der Waals surface area (Å²) in [6, 6.07) is 0.412. The van der Waals surface area contributed by atoms with Crippen LogP contribution in [0.15, 0.2) is 12.2 Å². The third-order valence-corrected chi connectivity index (χ3v) is 3.52. The van der Waals surface area contributed by atoms with Crippen LogP contribution in [-0.2, 0) is 9.47 Å². The fourth-order valence-electron chi connectivity index (χ4n) is 2.48. The number of nitrogens with one attached hydrogen (secondary N) is 1. The van der Waals surface area contributed by atoms with Gasteiger partial charge in [-0.05, 0) is 54.0 Å². The molecule has 1 rings (SSSR count). The fraction of sp³-hybridized carbons (Fsp3) is 0.824. The predicted molar refractivity (Wildman–Crippen MR) is 89.1 cm³/mol. The molecule has 2 atom stereocenters. The Kier molecular flexibility index (Phi) is 7.90. The molecule has 1 aliphatic heterocycles. The summed E-state index contributed by atoms with van der Waals surface area (Å²) in [7, 11) is 0. The first-order chi connectivity index (χ1) is 10.3. The molecule has 0 aromatic heterocycles. The van der Waals surface area contributed by atoms with Gasteiger partial charge in [0.2, 0.25) is 0 Å². The van der Waals surface area contributed by atoms with Gasteiger partial charge in [-0.25, -0.2) is 4.79 Å². The molecule has 5 nitrogen and oxygen atoms in total. The molecular weight excluding hydrogens is 280 g/mol. The van der Waals surface area contributed by atoms with E-state index >= 15 is 0 Å². The summed E-state index contributed by atoms with van der Waals surface area (Å²) in [5, 5.41) is 3.49. The van der Waals surface area contributed by atoms with E-state index in [1.54, 1.807) is 0 Å². The number of morpholine rings is 1. The summed E-state index contributed by atoms with van der Waals surface area (Å²) >= 11 is 0. The molecule has 0 saturated carbocycles. The largest absolute Gasteiger partial charge is 0.444 e. The van der Waals surface area contributed by atoms with Gasteiger partial charge in [0, 0.05) is 12.6 Å². The molecule has 0 bridgehead atoms. The van der Waals surface area contributed by atoms with Gasteiger partial charge in [-0.1, -0.05) is 12.2 Å². The minimum atomic E-state index is -0.462. The van der Waals surface area contributed by atoms with Crippen molar-refractivity contribution < 1.29 is 14.3 Å². The fourth-order valence-corrected chi connectivity index (χ4v) is 2.48. The van der Waals surface area contributed by atoms with Crippen molar-refractivity contribution in [2.45, 2.75) is 65.1 Å². The number of rotatable bonds is 6. The van der Waals surface area contributed by atoms with Gasteiger partial charge >= 0.3 is 6.09 Å². The van der Waals surface area contributed by atoms with E-state index < -0.39 is 5.60 Å². The Bertz CT molecular complexity index is 363. The zero-order valence-corrected chi connectivity index (χ0v) is 14.7. The van der Waals surface area contributed by atoms with Gasteiger partial charge in [-0.2, -0.15) is 0 Å². The van der Waals surface area contributed by atoms with E-state index in [1.807, 2.05) is 32.6 Å². The molecule has 0 aromatic carbocycles. The zero-order chi connectivity index (χ0) is 16.6. The Morgan fingerprint density at radius 2 is 2.23 bits per heavy atom. The van der Waals surface area contributed by atoms with E-state index in [0.29, 0.717) is 25.8 Å². The van der Waals surface area contributed by atoms with Crippen molar-refractivity contribution in [2.75, 3.05) is 26.3 Å². The highest BCUT2D eigenvalue weighted by molar-refractivity contribution is 5.68. The summed E-state index contributed by atoms with van der Waals surface area (Å²) < 4.78 is 11.1. The van der Waals surface area contributed by atoms with Crippen molar-refractivity contribution >= 4 is 6.09 Å². The lowest BCUT2D eigenvalue weighted by molar-refractivity contribution is -0.0355. The second kappa shape index (κ2) is 9.16. The van der Waals surface area contributed by atoms with Crippen LogP contribution in [0.25, 0.3) is 0 Å². The van der Waals surface area contributed by atoms with E-state index in [-0.39, 0.29) is 12.1 Å². The van der Waals surface area contributed by atoms with Gasteiger partial charge < -0.3 is 19.7 Å². The van der Waals surface area contributed by atoms with Gasteiger partial charge in [0.25, 0.3) is 0 Å². The molecule has 1 aliphatic rings. The number of carbonyl (C=O) groups excluding carboxylic acids is 1. The van der Waals surface area contributed by atoms with Crippen LogP contribution in [-0.4, -0.2) is 55.0 Å². The maximum Gasteiger partial charge on any atom is 0.410 e. The van der Waals surface area contributed by atoms with Crippen molar-refractivity contribution in [3.63, 3.8) is 0 Å². The van der Waals surface area contributed by atoms with Gasteiger partial charge in [0.05, 0.1) is 19.3 Å². The van der Waals surface area contributed by atoms with E-state index in [9.17, 15) is 4.79 Å². The smallest absolute Gasteiger partial charge is 0.410 e. The lowest BCUT2D eigenvalue weighted by Gasteiger charge is -2.37. The Morgan fingerprint density at radius 3 is 2.86 bits per heavy atom.